The molecule has 0 N–H and O–H groups in total. The van der Waals surface area contributed by atoms with Crippen molar-refractivity contribution < 1.29 is 9.53 Å². The molecule has 0 spiro atoms. The zero-order chi connectivity index (χ0) is 16.1. The molecular weight excluding hydrogens is 302 g/mol. The van der Waals surface area contributed by atoms with Crippen molar-refractivity contribution >= 4 is 28.9 Å². The Morgan fingerprint density at radius 3 is 2.95 bits per heavy atom. The highest BCUT2D eigenvalue weighted by atomic mass is 35.5. The first kappa shape index (κ1) is 16.4. The van der Waals surface area contributed by atoms with E-state index in [1.54, 1.807) is 0 Å². The van der Waals surface area contributed by atoms with Crippen molar-refractivity contribution in [3.8, 4) is 11.8 Å². The molecule has 0 saturated carbocycles. The Morgan fingerprint density at radius 1 is 1.55 bits per heavy atom. The Bertz CT molecular complexity index is 583. The molecule has 1 heterocycles. The molecule has 0 unspecified atom stereocenters. The fourth-order valence-corrected chi connectivity index (χ4v) is 2.71. The van der Waals surface area contributed by atoms with Crippen molar-refractivity contribution in [2.75, 3.05) is 35.4 Å². The molecule has 118 valence electrons. The molecule has 6 heteroatoms. The van der Waals surface area contributed by atoms with Gasteiger partial charge in [0, 0.05) is 24.3 Å². The van der Waals surface area contributed by atoms with Crippen LogP contribution in [-0.2, 0) is 4.79 Å². The summed E-state index contributed by atoms with van der Waals surface area (Å²) in [5.74, 6) is 0.441. The van der Waals surface area contributed by atoms with Crippen LogP contribution in [0.1, 0.15) is 20.3 Å². The number of rotatable bonds is 5. The lowest BCUT2D eigenvalue weighted by Crippen LogP contribution is -2.38. The lowest BCUT2D eigenvalue weighted by molar-refractivity contribution is -0.116. The number of ether oxygens (including phenoxy) is 1. The van der Waals surface area contributed by atoms with E-state index in [0.29, 0.717) is 24.9 Å². The van der Waals surface area contributed by atoms with E-state index in [1.165, 1.54) is 4.90 Å². The van der Waals surface area contributed by atoms with Crippen LogP contribution in [0.3, 0.4) is 0 Å². The SMILES string of the molecule is CC(C)N1CCOc2cc(N(CCC#N)C(=O)CCl)ccc21. The summed E-state index contributed by atoms with van der Waals surface area (Å²) in [5.41, 5.74) is 1.74. The Kier molecular flexibility index (Phi) is 5.51. The predicted octanol–water partition coefficient (Wildman–Crippen LogP) is 2.78. The van der Waals surface area contributed by atoms with Crippen LogP contribution in [0.25, 0.3) is 0 Å². The maximum absolute atomic E-state index is 12.0. The first-order valence-corrected chi connectivity index (χ1v) is 7.88. The summed E-state index contributed by atoms with van der Waals surface area (Å²) in [6.07, 6.45) is 0.263. The van der Waals surface area contributed by atoms with Crippen LogP contribution in [0, 0.1) is 11.3 Å². The van der Waals surface area contributed by atoms with Crippen LogP contribution >= 0.6 is 11.6 Å². The average molecular weight is 322 g/mol. The molecule has 1 aliphatic rings. The molecule has 5 nitrogen and oxygen atoms in total. The van der Waals surface area contributed by atoms with Gasteiger partial charge in [0.05, 0.1) is 24.7 Å². The quantitative estimate of drug-likeness (QED) is 0.782. The topological polar surface area (TPSA) is 56.6 Å². The Hall–Kier alpha value is -1.93. The third-order valence-electron chi connectivity index (χ3n) is 3.64. The number of amides is 1. The second kappa shape index (κ2) is 7.37. The molecule has 0 aliphatic carbocycles. The number of carbonyl (C=O) groups is 1. The molecule has 1 aliphatic heterocycles. The largest absolute Gasteiger partial charge is 0.489 e. The zero-order valence-electron chi connectivity index (χ0n) is 12.9. The van der Waals surface area contributed by atoms with Gasteiger partial charge in [0.25, 0.3) is 0 Å². The van der Waals surface area contributed by atoms with Crippen LogP contribution in [0.4, 0.5) is 11.4 Å². The van der Waals surface area contributed by atoms with Gasteiger partial charge < -0.3 is 14.5 Å². The molecule has 2 rings (SSSR count). The fraction of sp³-hybridized carbons (Fsp3) is 0.500. The maximum Gasteiger partial charge on any atom is 0.241 e. The van der Waals surface area contributed by atoms with Gasteiger partial charge in [0.1, 0.15) is 18.2 Å². The number of nitriles is 1. The van der Waals surface area contributed by atoms with E-state index >= 15 is 0 Å². The van der Waals surface area contributed by atoms with E-state index in [1.807, 2.05) is 18.2 Å². The van der Waals surface area contributed by atoms with Crippen LogP contribution in [0.15, 0.2) is 18.2 Å². The summed E-state index contributed by atoms with van der Waals surface area (Å²) in [5, 5.41) is 8.75. The molecule has 0 radical (unpaired) electrons. The second-order valence-corrected chi connectivity index (χ2v) is 5.64. The van der Waals surface area contributed by atoms with E-state index in [2.05, 4.69) is 24.8 Å². The fourth-order valence-electron chi connectivity index (χ4n) is 2.57. The lowest BCUT2D eigenvalue weighted by Gasteiger charge is -2.35. The molecule has 0 aromatic heterocycles. The van der Waals surface area contributed by atoms with Crippen LogP contribution < -0.4 is 14.5 Å². The minimum absolute atomic E-state index is 0.110. The van der Waals surface area contributed by atoms with Gasteiger partial charge in [-0.1, -0.05) is 0 Å². The molecular formula is C16H20ClN3O2. The van der Waals surface area contributed by atoms with Gasteiger partial charge >= 0.3 is 0 Å². The number of fused-ring (bicyclic) bond motifs is 1. The molecule has 1 aromatic carbocycles. The van der Waals surface area contributed by atoms with Gasteiger partial charge in [-0.2, -0.15) is 5.26 Å². The van der Waals surface area contributed by atoms with Gasteiger partial charge in [0.15, 0.2) is 0 Å². The summed E-state index contributed by atoms with van der Waals surface area (Å²) in [4.78, 5) is 15.8. The van der Waals surface area contributed by atoms with Crippen LogP contribution in [0.2, 0.25) is 0 Å². The summed E-state index contributed by atoms with van der Waals surface area (Å²) < 4.78 is 5.73. The minimum atomic E-state index is -0.214. The van der Waals surface area contributed by atoms with Crippen molar-refractivity contribution in [2.24, 2.45) is 0 Å². The maximum atomic E-state index is 12.0. The summed E-state index contributed by atoms with van der Waals surface area (Å²) in [7, 11) is 0. The molecule has 0 fully saturated rings. The molecule has 22 heavy (non-hydrogen) atoms. The minimum Gasteiger partial charge on any atom is -0.489 e. The molecule has 0 bridgehead atoms. The number of anilines is 2. The van der Waals surface area contributed by atoms with E-state index in [0.717, 1.165) is 18.0 Å². The number of hydrogen-bond acceptors (Lipinski definition) is 4. The van der Waals surface area contributed by atoms with Crippen molar-refractivity contribution in [3.05, 3.63) is 18.2 Å². The van der Waals surface area contributed by atoms with E-state index < -0.39 is 0 Å². The molecule has 0 saturated heterocycles. The number of benzene rings is 1. The Morgan fingerprint density at radius 2 is 2.32 bits per heavy atom. The Labute approximate surface area is 136 Å². The first-order chi connectivity index (χ1) is 10.6. The predicted molar refractivity (Wildman–Crippen MR) is 87.7 cm³/mol. The normalized spacial score (nSPS) is 13.3. The van der Waals surface area contributed by atoms with Crippen molar-refractivity contribution in [2.45, 2.75) is 26.3 Å². The lowest BCUT2D eigenvalue weighted by atomic mass is 10.1. The third kappa shape index (κ3) is 3.45. The molecule has 1 amide bonds. The number of carbonyl (C=O) groups excluding carboxylic acids is 1. The number of hydrogen-bond donors (Lipinski definition) is 0. The molecule has 1 aromatic rings. The summed E-state index contributed by atoms with van der Waals surface area (Å²) in [6.45, 7) is 6.08. The van der Waals surface area contributed by atoms with Crippen LogP contribution in [0.5, 0.6) is 5.75 Å². The van der Waals surface area contributed by atoms with Gasteiger partial charge in [-0.05, 0) is 26.0 Å². The van der Waals surface area contributed by atoms with Crippen molar-refractivity contribution in [1.29, 1.82) is 5.26 Å². The van der Waals surface area contributed by atoms with E-state index in [4.69, 9.17) is 21.6 Å². The van der Waals surface area contributed by atoms with Gasteiger partial charge in [-0.3, -0.25) is 4.79 Å². The third-order valence-corrected chi connectivity index (χ3v) is 3.87. The highest BCUT2D eigenvalue weighted by Crippen LogP contribution is 2.36. The van der Waals surface area contributed by atoms with Gasteiger partial charge in [-0.25, -0.2) is 0 Å². The first-order valence-electron chi connectivity index (χ1n) is 7.35. The standard InChI is InChI=1S/C16H20ClN3O2/c1-12(2)19-8-9-22-15-10-13(4-5-14(15)19)20(7-3-6-18)16(21)11-17/h4-5,10,12H,3,7-9,11H2,1-2H3. The molecule has 0 atom stereocenters. The number of nitrogens with zero attached hydrogens (tertiary/aromatic N) is 3. The second-order valence-electron chi connectivity index (χ2n) is 5.37. The van der Waals surface area contributed by atoms with Gasteiger partial charge in [0.2, 0.25) is 5.91 Å². The summed E-state index contributed by atoms with van der Waals surface area (Å²) >= 11 is 5.67. The number of halogens is 1. The van der Waals surface area contributed by atoms with Crippen molar-refractivity contribution in [1.82, 2.24) is 0 Å². The number of alkyl halides is 1. The highest BCUT2D eigenvalue weighted by molar-refractivity contribution is 6.29. The van der Waals surface area contributed by atoms with E-state index in [-0.39, 0.29) is 18.2 Å². The monoisotopic (exact) mass is 321 g/mol. The summed E-state index contributed by atoms with van der Waals surface area (Å²) in [6, 6.07) is 8.13. The van der Waals surface area contributed by atoms with Gasteiger partial charge in [-0.15, -0.1) is 11.6 Å². The average Bonchev–Trinajstić information content (AvgIpc) is 2.53. The Balaban J connectivity index is 2.32. The van der Waals surface area contributed by atoms with Crippen molar-refractivity contribution in [3.63, 3.8) is 0 Å². The zero-order valence-corrected chi connectivity index (χ0v) is 13.6. The smallest absolute Gasteiger partial charge is 0.241 e. The van der Waals surface area contributed by atoms with E-state index in [9.17, 15) is 4.79 Å². The van der Waals surface area contributed by atoms with Crippen LogP contribution in [-0.4, -0.2) is 37.5 Å². The highest BCUT2D eigenvalue weighted by Gasteiger charge is 2.22.